The molecule has 2 aromatic carbocycles. The third-order valence-electron chi connectivity index (χ3n) is 7.83. The molecule has 2 aromatic rings. The second kappa shape index (κ2) is 11.3. The molecule has 1 saturated heterocycles. The number of nitrogens with zero attached hydrogens (tertiary/aromatic N) is 4. The van der Waals surface area contributed by atoms with Crippen LogP contribution in [-0.4, -0.2) is 51.0 Å². The molecule has 41 heavy (non-hydrogen) atoms. The summed E-state index contributed by atoms with van der Waals surface area (Å²) >= 11 is 0. The number of allylic oxidation sites excluding steroid dienone is 1. The quantitative estimate of drug-likeness (QED) is 0.347. The van der Waals surface area contributed by atoms with Crippen LogP contribution in [0, 0.1) is 5.92 Å². The lowest BCUT2D eigenvalue weighted by molar-refractivity contribution is -0.137. The molecule has 9 heteroatoms. The summed E-state index contributed by atoms with van der Waals surface area (Å²) in [7, 11) is 3.16. The summed E-state index contributed by atoms with van der Waals surface area (Å²) in [4.78, 5) is 4.46. The molecule has 0 bridgehead atoms. The van der Waals surface area contributed by atoms with Gasteiger partial charge in [-0.25, -0.2) is 5.01 Å². The lowest BCUT2D eigenvalue weighted by atomic mass is 9.95. The zero-order valence-corrected chi connectivity index (χ0v) is 24.7. The largest absolute Gasteiger partial charge is 0.497 e. The van der Waals surface area contributed by atoms with Gasteiger partial charge in [-0.2, -0.15) is 18.3 Å². The first-order chi connectivity index (χ1) is 19.5. The summed E-state index contributed by atoms with van der Waals surface area (Å²) in [6.07, 6.45) is -1.76. The topological polar surface area (TPSA) is 40.5 Å². The van der Waals surface area contributed by atoms with Crippen LogP contribution < -0.4 is 19.4 Å². The van der Waals surface area contributed by atoms with Crippen molar-refractivity contribution >= 4 is 17.1 Å². The Morgan fingerprint density at radius 1 is 0.951 bits per heavy atom. The van der Waals surface area contributed by atoms with Crippen LogP contribution in [-0.2, 0) is 6.18 Å². The predicted octanol–water partition coefficient (Wildman–Crippen LogP) is 7.46. The maximum atomic E-state index is 14.6. The first-order valence-corrected chi connectivity index (χ1v) is 14.3. The van der Waals surface area contributed by atoms with Gasteiger partial charge in [-0.3, -0.25) is 0 Å². The molecule has 1 fully saturated rings. The van der Waals surface area contributed by atoms with E-state index >= 15 is 0 Å². The van der Waals surface area contributed by atoms with Gasteiger partial charge in [0.05, 0.1) is 42.6 Å². The van der Waals surface area contributed by atoms with Crippen LogP contribution in [0.4, 0.5) is 24.5 Å². The van der Waals surface area contributed by atoms with E-state index in [9.17, 15) is 13.2 Å². The number of anilines is 2. The number of halogens is 3. The van der Waals surface area contributed by atoms with Gasteiger partial charge in [0.2, 0.25) is 0 Å². The van der Waals surface area contributed by atoms with Crippen LogP contribution in [0.2, 0.25) is 0 Å². The molecule has 0 amide bonds. The van der Waals surface area contributed by atoms with Crippen LogP contribution in [0.5, 0.6) is 11.5 Å². The lowest BCUT2D eigenvalue weighted by Crippen LogP contribution is -2.34. The molecule has 6 nitrogen and oxygen atoms in total. The average Bonchev–Trinajstić information content (AvgIpc) is 3.61. The third-order valence-corrected chi connectivity index (χ3v) is 7.83. The molecule has 3 aliphatic rings. The van der Waals surface area contributed by atoms with Crippen molar-refractivity contribution in [3.05, 3.63) is 70.1 Å². The monoisotopic (exact) mass is 568 g/mol. The van der Waals surface area contributed by atoms with Crippen molar-refractivity contribution in [1.29, 1.82) is 0 Å². The zero-order chi connectivity index (χ0) is 29.5. The minimum atomic E-state index is -4.55. The molecule has 3 heterocycles. The van der Waals surface area contributed by atoms with Crippen LogP contribution in [0.3, 0.4) is 0 Å². The van der Waals surface area contributed by atoms with Gasteiger partial charge in [-0.1, -0.05) is 13.8 Å². The van der Waals surface area contributed by atoms with Gasteiger partial charge >= 0.3 is 6.18 Å². The number of benzene rings is 2. The van der Waals surface area contributed by atoms with E-state index in [4.69, 9.17) is 14.6 Å². The van der Waals surface area contributed by atoms with E-state index in [1.807, 2.05) is 26.0 Å². The summed E-state index contributed by atoms with van der Waals surface area (Å²) in [5, 5.41) is 6.59. The Labute approximate surface area is 240 Å². The molecule has 0 unspecified atom stereocenters. The first kappa shape index (κ1) is 28.9. The van der Waals surface area contributed by atoms with Gasteiger partial charge < -0.3 is 19.3 Å². The highest BCUT2D eigenvalue weighted by Crippen LogP contribution is 2.46. The van der Waals surface area contributed by atoms with Gasteiger partial charge in [-0.15, -0.1) is 0 Å². The highest BCUT2D eigenvalue weighted by molar-refractivity contribution is 6.15. The van der Waals surface area contributed by atoms with Gasteiger partial charge in [0.1, 0.15) is 11.5 Å². The molecule has 0 atom stereocenters. The lowest BCUT2D eigenvalue weighted by Gasteiger charge is -2.36. The number of alkyl halides is 3. The van der Waals surface area contributed by atoms with Crippen LogP contribution in [0.15, 0.2) is 64.0 Å². The summed E-state index contributed by atoms with van der Waals surface area (Å²) in [5.41, 5.74) is 5.07. The van der Waals surface area contributed by atoms with E-state index in [2.05, 4.69) is 23.6 Å². The van der Waals surface area contributed by atoms with Crippen molar-refractivity contribution in [2.45, 2.75) is 53.1 Å². The van der Waals surface area contributed by atoms with Crippen molar-refractivity contribution in [2.75, 3.05) is 50.3 Å². The number of hydrogen-bond acceptors (Lipinski definition) is 6. The Balaban J connectivity index is 1.78. The summed E-state index contributed by atoms with van der Waals surface area (Å²) in [6.45, 7) is 11.4. The molecule has 0 N–H and O–H groups in total. The fraction of sp³-hybridized carbons (Fsp3) is 0.469. The predicted molar refractivity (Wildman–Crippen MR) is 158 cm³/mol. The smallest absolute Gasteiger partial charge is 0.418 e. The van der Waals surface area contributed by atoms with Crippen LogP contribution in [0.25, 0.3) is 0 Å². The Bertz CT molecular complexity index is 1380. The van der Waals surface area contributed by atoms with Crippen molar-refractivity contribution in [2.24, 2.45) is 11.0 Å². The fourth-order valence-electron chi connectivity index (χ4n) is 6.03. The second-order valence-electron chi connectivity index (χ2n) is 11.5. The van der Waals surface area contributed by atoms with E-state index in [1.165, 1.54) is 11.1 Å². The molecular weight excluding hydrogens is 529 g/mol. The number of hydrogen-bond donors (Lipinski definition) is 0. The Kier molecular flexibility index (Phi) is 7.99. The molecule has 3 aliphatic heterocycles. The maximum Gasteiger partial charge on any atom is 0.418 e. The van der Waals surface area contributed by atoms with Crippen LogP contribution in [0.1, 0.15) is 58.1 Å². The molecule has 0 aromatic heterocycles. The zero-order valence-electron chi connectivity index (χ0n) is 24.7. The summed E-state index contributed by atoms with van der Waals surface area (Å²) in [5.74, 6) is 1.55. The van der Waals surface area contributed by atoms with E-state index in [1.54, 1.807) is 32.4 Å². The van der Waals surface area contributed by atoms with Gasteiger partial charge in [0.15, 0.2) is 0 Å². The molecule has 0 aliphatic carbocycles. The molecule has 0 spiro atoms. The van der Waals surface area contributed by atoms with Gasteiger partial charge in [0, 0.05) is 49.1 Å². The summed E-state index contributed by atoms with van der Waals surface area (Å²) in [6, 6.07) is 9.98. The molecule has 5 rings (SSSR count). The van der Waals surface area contributed by atoms with Gasteiger partial charge in [-0.05, 0) is 74.9 Å². The Hall–Kier alpha value is -3.62. The minimum Gasteiger partial charge on any atom is -0.497 e. The first-order valence-electron chi connectivity index (χ1n) is 14.3. The fourth-order valence-corrected chi connectivity index (χ4v) is 6.03. The maximum absolute atomic E-state index is 14.6. The third kappa shape index (κ3) is 5.63. The highest BCUT2D eigenvalue weighted by Gasteiger charge is 2.41. The number of rotatable bonds is 7. The Morgan fingerprint density at radius 2 is 1.61 bits per heavy atom. The molecule has 220 valence electrons. The SMILES string of the molecule is COc1cc(OC)cc(C2=NN(c3cc(N4CCCC4)ccc3C(F)(F)F)C(=C(C)C)C3=C2CCN3CC(C)C)c1. The van der Waals surface area contributed by atoms with E-state index in [0.717, 1.165) is 73.5 Å². The van der Waals surface area contributed by atoms with Crippen molar-refractivity contribution in [1.82, 2.24) is 4.90 Å². The molecule has 0 saturated carbocycles. The summed E-state index contributed by atoms with van der Waals surface area (Å²) < 4.78 is 54.9. The van der Waals surface area contributed by atoms with Crippen molar-refractivity contribution in [3.63, 3.8) is 0 Å². The second-order valence-corrected chi connectivity index (χ2v) is 11.5. The van der Waals surface area contributed by atoms with Crippen molar-refractivity contribution in [3.8, 4) is 11.5 Å². The average molecular weight is 569 g/mol. The highest BCUT2D eigenvalue weighted by atomic mass is 19.4. The van der Waals surface area contributed by atoms with Crippen LogP contribution >= 0.6 is 0 Å². The molecular formula is C32H39F3N4O2. The number of hydrazone groups is 1. The van der Waals surface area contributed by atoms with E-state index in [-0.39, 0.29) is 5.69 Å². The van der Waals surface area contributed by atoms with E-state index in [0.29, 0.717) is 28.8 Å². The van der Waals surface area contributed by atoms with E-state index < -0.39 is 11.7 Å². The standard InChI is InChI=1S/C32H39F3N4O2/c1-20(2)19-38-14-11-26-29(22-15-24(40-5)18-25(16-22)41-6)36-39(30(21(3)4)31(26)38)28-17-23(37-12-7-8-13-37)9-10-27(28)32(33,34)35/h9-10,15-18,20H,7-8,11-14,19H2,1-6H3. The minimum absolute atomic E-state index is 0.0356. The van der Waals surface area contributed by atoms with Gasteiger partial charge in [0.25, 0.3) is 0 Å². The normalized spacial score (nSPS) is 17.5. The van der Waals surface area contributed by atoms with Crippen molar-refractivity contribution < 1.29 is 22.6 Å². The Morgan fingerprint density at radius 3 is 2.17 bits per heavy atom. The number of ether oxygens (including phenoxy) is 2. The number of methoxy groups -OCH3 is 2. The molecule has 0 radical (unpaired) electrons.